The number of rotatable bonds is 3. The van der Waals surface area contributed by atoms with Crippen molar-refractivity contribution in [2.75, 3.05) is 7.11 Å². The topological polar surface area (TPSA) is 9.23 Å². The fraction of sp³-hybridized carbons (Fsp3) is 0.0769. The predicted molar refractivity (Wildman–Crippen MR) is 71.3 cm³/mol. The lowest BCUT2D eigenvalue weighted by molar-refractivity contribution is 0.404. The first kappa shape index (κ1) is 11.6. The molecule has 2 aromatic carbocycles. The number of hydrogen-bond donors (Lipinski definition) is 0. The second kappa shape index (κ2) is 5.41. The molecule has 0 radical (unpaired) electrons. The van der Waals surface area contributed by atoms with Crippen molar-refractivity contribution < 1.29 is 4.74 Å². The van der Waals surface area contributed by atoms with Crippen LogP contribution in [0.3, 0.4) is 0 Å². The Hall–Kier alpha value is -0.930. The maximum absolute atomic E-state index is 5.35. The molecule has 0 fully saturated rings. The summed E-state index contributed by atoms with van der Waals surface area (Å²) in [7, 11) is 1.69. The summed E-state index contributed by atoms with van der Waals surface area (Å²) in [6.07, 6.45) is 0. The number of benzene rings is 2. The Balaban J connectivity index is 2.28. The summed E-state index contributed by atoms with van der Waals surface area (Å²) in [5.74, 6) is 0.892. The lowest BCUT2D eigenvalue weighted by atomic mass is 10.3. The van der Waals surface area contributed by atoms with Crippen LogP contribution < -0.4 is 4.74 Å². The van der Waals surface area contributed by atoms with Crippen LogP contribution in [-0.4, -0.2) is 7.11 Å². The van der Waals surface area contributed by atoms with E-state index in [-0.39, 0.29) is 0 Å². The molecule has 0 aliphatic carbocycles. The summed E-state index contributed by atoms with van der Waals surface area (Å²) in [5, 5.41) is 0. The zero-order valence-electron chi connectivity index (χ0n) is 8.81. The normalized spacial score (nSPS) is 10.1. The standard InChI is InChI=1S/C13H11BrOS/c1-15-12-9-10(14)7-8-13(12)16-11-5-3-2-4-6-11/h2-9H,1H3. The van der Waals surface area contributed by atoms with E-state index in [4.69, 9.17) is 4.74 Å². The van der Waals surface area contributed by atoms with Crippen LogP contribution in [0.2, 0.25) is 0 Å². The first-order valence-corrected chi connectivity index (χ1v) is 6.47. The minimum Gasteiger partial charge on any atom is -0.496 e. The van der Waals surface area contributed by atoms with Crippen LogP contribution in [0.15, 0.2) is 62.8 Å². The fourth-order valence-electron chi connectivity index (χ4n) is 1.34. The van der Waals surface area contributed by atoms with Gasteiger partial charge in [-0.05, 0) is 30.3 Å². The monoisotopic (exact) mass is 294 g/mol. The van der Waals surface area contributed by atoms with Gasteiger partial charge in [-0.2, -0.15) is 0 Å². The van der Waals surface area contributed by atoms with E-state index < -0.39 is 0 Å². The highest BCUT2D eigenvalue weighted by atomic mass is 79.9. The number of hydrogen-bond acceptors (Lipinski definition) is 2. The minimum atomic E-state index is 0.892. The first-order chi connectivity index (χ1) is 7.79. The Morgan fingerprint density at radius 1 is 1.06 bits per heavy atom. The van der Waals surface area contributed by atoms with E-state index in [1.54, 1.807) is 18.9 Å². The molecule has 1 nitrogen and oxygen atoms in total. The Kier molecular flexibility index (Phi) is 3.91. The van der Waals surface area contributed by atoms with Gasteiger partial charge in [0.05, 0.1) is 12.0 Å². The van der Waals surface area contributed by atoms with Crippen LogP contribution in [0.1, 0.15) is 0 Å². The second-order valence-corrected chi connectivity index (χ2v) is 5.24. The zero-order chi connectivity index (χ0) is 11.4. The van der Waals surface area contributed by atoms with Gasteiger partial charge in [0.15, 0.2) is 0 Å². The van der Waals surface area contributed by atoms with Crippen molar-refractivity contribution in [1.82, 2.24) is 0 Å². The van der Waals surface area contributed by atoms with Crippen LogP contribution in [0.25, 0.3) is 0 Å². The van der Waals surface area contributed by atoms with Crippen LogP contribution in [0.4, 0.5) is 0 Å². The maximum Gasteiger partial charge on any atom is 0.133 e. The Labute approximate surface area is 108 Å². The molecule has 0 atom stereocenters. The Morgan fingerprint density at radius 3 is 2.50 bits per heavy atom. The van der Waals surface area contributed by atoms with Gasteiger partial charge in [-0.25, -0.2) is 0 Å². The van der Waals surface area contributed by atoms with Crippen LogP contribution in [-0.2, 0) is 0 Å². The van der Waals surface area contributed by atoms with Gasteiger partial charge in [0.25, 0.3) is 0 Å². The van der Waals surface area contributed by atoms with E-state index in [2.05, 4.69) is 34.1 Å². The molecule has 0 heterocycles. The highest BCUT2D eigenvalue weighted by molar-refractivity contribution is 9.10. The average Bonchev–Trinajstić information content (AvgIpc) is 2.33. The third-order valence-corrected chi connectivity index (χ3v) is 3.65. The smallest absolute Gasteiger partial charge is 0.133 e. The minimum absolute atomic E-state index is 0.892. The van der Waals surface area contributed by atoms with Gasteiger partial charge >= 0.3 is 0 Å². The maximum atomic E-state index is 5.35. The molecule has 0 saturated heterocycles. The lowest BCUT2D eigenvalue weighted by Crippen LogP contribution is -1.85. The van der Waals surface area contributed by atoms with Crippen molar-refractivity contribution >= 4 is 27.7 Å². The average molecular weight is 295 g/mol. The quantitative estimate of drug-likeness (QED) is 0.818. The van der Waals surface area contributed by atoms with Crippen molar-refractivity contribution in [3.63, 3.8) is 0 Å². The van der Waals surface area contributed by atoms with Crippen molar-refractivity contribution in [3.8, 4) is 5.75 Å². The van der Waals surface area contributed by atoms with Crippen molar-refractivity contribution in [1.29, 1.82) is 0 Å². The fourth-order valence-corrected chi connectivity index (χ4v) is 2.61. The lowest BCUT2D eigenvalue weighted by Gasteiger charge is -2.08. The highest BCUT2D eigenvalue weighted by Gasteiger charge is 2.05. The summed E-state index contributed by atoms with van der Waals surface area (Å²) in [4.78, 5) is 2.33. The Bertz CT molecular complexity index is 471. The SMILES string of the molecule is COc1cc(Br)ccc1Sc1ccccc1. The molecular weight excluding hydrogens is 284 g/mol. The van der Waals surface area contributed by atoms with Gasteiger partial charge < -0.3 is 4.74 Å². The van der Waals surface area contributed by atoms with Gasteiger partial charge in [-0.1, -0.05) is 45.9 Å². The van der Waals surface area contributed by atoms with Crippen LogP contribution in [0.5, 0.6) is 5.75 Å². The van der Waals surface area contributed by atoms with Crippen LogP contribution in [0, 0.1) is 0 Å². The van der Waals surface area contributed by atoms with Crippen molar-refractivity contribution in [2.45, 2.75) is 9.79 Å². The summed E-state index contributed by atoms with van der Waals surface area (Å²) in [6, 6.07) is 16.3. The van der Waals surface area contributed by atoms with Gasteiger partial charge in [0.1, 0.15) is 5.75 Å². The molecule has 0 aliphatic heterocycles. The van der Waals surface area contributed by atoms with E-state index in [9.17, 15) is 0 Å². The molecule has 82 valence electrons. The van der Waals surface area contributed by atoms with E-state index >= 15 is 0 Å². The van der Waals surface area contributed by atoms with Gasteiger partial charge in [0.2, 0.25) is 0 Å². The van der Waals surface area contributed by atoms with Gasteiger partial charge in [0, 0.05) is 9.37 Å². The third kappa shape index (κ3) is 2.80. The summed E-state index contributed by atoms with van der Waals surface area (Å²) in [6.45, 7) is 0. The van der Waals surface area contributed by atoms with E-state index in [0.717, 1.165) is 15.1 Å². The van der Waals surface area contributed by atoms with E-state index in [0.29, 0.717) is 0 Å². The largest absolute Gasteiger partial charge is 0.496 e. The van der Waals surface area contributed by atoms with Gasteiger partial charge in [-0.15, -0.1) is 0 Å². The molecule has 0 spiro atoms. The molecule has 2 rings (SSSR count). The summed E-state index contributed by atoms with van der Waals surface area (Å²) in [5.41, 5.74) is 0. The summed E-state index contributed by atoms with van der Waals surface area (Å²) >= 11 is 5.13. The number of halogens is 1. The van der Waals surface area contributed by atoms with Gasteiger partial charge in [-0.3, -0.25) is 0 Å². The molecule has 3 heteroatoms. The zero-order valence-corrected chi connectivity index (χ0v) is 11.2. The molecule has 0 N–H and O–H groups in total. The molecule has 0 bridgehead atoms. The molecule has 2 aromatic rings. The molecule has 0 saturated carbocycles. The predicted octanol–water partition coefficient (Wildman–Crippen LogP) is 4.61. The third-order valence-electron chi connectivity index (χ3n) is 2.10. The molecule has 0 aromatic heterocycles. The molecule has 0 unspecified atom stereocenters. The second-order valence-electron chi connectivity index (χ2n) is 3.21. The van der Waals surface area contributed by atoms with E-state index in [1.165, 1.54) is 4.90 Å². The summed E-state index contributed by atoms with van der Waals surface area (Å²) < 4.78 is 6.38. The van der Waals surface area contributed by atoms with Crippen molar-refractivity contribution in [3.05, 3.63) is 53.0 Å². The molecular formula is C13H11BrOS. The van der Waals surface area contributed by atoms with Crippen molar-refractivity contribution in [2.24, 2.45) is 0 Å². The molecule has 0 aliphatic rings. The van der Waals surface area contributed by atoms with E-state index in [1.807, 2.05) is 30.3 Å². The van der Waals surface area contributed by atoms with Crippen LogP contribution >= 0.6 is 27.7 Å². The molecule has 0 amide bonds. The number of methoxy groups -OCH3 is 1. The first-order valence-electron chi connectivity index (χ1n) is 4.86. The Morgan fingerprint density at radius 2 is 1.81 bits per heavy atom. The number of ether oxygens (including phenoxy) is 1. The molecule has 16 heavy (non-hydrogen) atoms. The highest BCUT2D eigenvalue weighted by Crippen LogP contribution is 2.36.